The molecule has 0 saturated heterocycles. The number of nitrogens with one attached hydrogen (secondary N) is 2. The number of hydrazone groups is 1. The van der Waals surface area contributed by atoms with E-state index in [2.05, 4.69) is 70.2 Å². The number of allylic oxidation sites excluding steroid dienone is 2. The van der Waals surface area contributed by atoms with E-state index in [0.717, 1.165) is 59.3 Å². The van der Waals surface area contributed by atoms with Gasteiger partial charge in [-0.2, -0.15) is 5.10 Å². The molecule has 0 saturated carbocycles. The number of aromatic nitrogens is 3. The molecule has 0 spiro atoms. The lowest BCUT2D eigenvalue weighted by molar-refractivity contribution is 0.533. The molecule has 0 unspecified atom stereocenters. The minimum atomic E-state index is 0.0689. The number of hydrogen-bond donors (Lipinski definition) is 2. The molecule has 3 aromatic rings. The van der Waals surface area contributed by atoms with Gasteiger partial charge in [0.25, 0.3) is 0 Å². The van der Waals surface area contributed by atoms with Gasteiger partial charge in [-0.05, 0) is 78.0 Å². The van der Waals surface area contributed by atoms with Crippen LogP contribution in [0.15, 0.2) is 33.8 Å². The van der Waals surface area contributed by atoms with Crippen LogP contribution in [0.4, 0.5) is 0 Å². The van der Waals surface area contributed by atoms with Crippen LogP contribution in [0.3, 0.4) is 0 Å². The molecule has 1 aliphatic rings. The van der Waals surface area contributed by atoms with E-state index in [1.807, 2.05) is 9.13 Å². The third-order valence-electron chi connectivity index (χ3n) is 6.04. The maximum absolute atomic E-state index is 13.2. The summed E-state index contributed by atoms with van der Waals surface area (Å²) < 4.78 is 3.84. The Morgan fingerprint density at radius 1 is 1.10 bits per heavy atom. The first-order valence-corrected chi connectivity index (χ1v) is 11.1. The number of imidazole rings is 1. The van der Waals surface area contributed by atoms with Crippen molar-refractivity contribution in [2.75, 3.05) is 0 Å². The Kier molecular flexibility index (Phi) is 5.35. The predicted molar refractivity (Wildman–Crippen MR) is 125 cm³/mol. The van der Waals surface area contributed by atoms with Crippen LogP contribution < -0.4 is 11.1 Å². The standard InChI is InChI=1S/C24H33N5O/c1-7-19-23-17(11-9-8-10-16(6)26-27-19)18-12-21-22(13-20(18)25-23)29(15(4)5)24(30)28(21)14(2)3/h10,12-15,25-26H,7-9,11H2,1-6H3/b16-10+,27-19+. The lowest BCUT2D eigenvalue weighted by atomic mass is 10.0. The van der Waals surface area contributed by atoms with Crippen LogP contribution in [0.5, 0.6) is 0 Å². The second kappa shape index (κ2) is 7.82. The fourth-order valence-corrected chi connectivity index (χ4v) is 4.60. The second-order valence-corrected chi connectivity index (χ2v) is 8.88. The Labute approximate surface area is 177 Å². The Bertz CT molecular complexity index is 1220. The molecule has 0 fully saturated rings. The number of nitrogens with zero attached hydrogens (tertiary/aromatic N) is 3. The minimum Gasteiger partial charge on any atom is -0.353 e. The van der Waals surface area contributed by atoms with E-state index in [-0.39, 0.29) is 17.8 Å². The van der Waals surface area contributed by atoms with Crippen molar-refractivity contribution in [3.63, 3.8) is 0 Å². The number of H-pyrrole nitrogens is 1. The molecular formula is C24H33N5O. The van der Waals surface area contributed by atoms with Gasteiger partial charge in [-0.25, -0.2) is 4.79 Å². The van der Waals surface area contributed by atoms with Crippen LogP contribution >= 0.6 is 0 Å². The average molecular weight is 408 g/mol. The summed E-state index contributed by atoms with van der Waals surface area (Å²) >= 11 is 0. The van der Waals surface area contributed by atoms with Crippen molar-refractivity contribution in [3.05, 3.63) is 45.6 Å². The van der Waals surface area contributed by atoms with Gasteiger partial charge >= 0.3 is 5.69 Å². The molecule has 3 heterocycles. The van der Waals surface area contributed by atoms with E-state index in [4.69, 9.17) is 5.10 Å². The van der Waals surface area contributed by atoms with Gasteiger partial charge in [-0.3, -0.25) is 14.6 Å². The largest absolute Gasteiger partial charge is 0.353 e. The number of hydrogen-bond acceptors (Lipinski definition) is 3. The molecule has 30 heavy (non-hydrogen) atoms. The first-order valence-electron chi connectivity index (χ1n) is 11.1. The molecule has 2 N–H and O–H groups in total. The predicted octanol–water partition coefficient (Wildman–Crippen LogP) is 5.39. The third kappa shape index (κ3) is 3.28. The molecule has 0 aliphatic carbocycles. The van der Waals surface area contributed by atoms with Crippen molar-refractivity contribution >= 4 is 27.6 Å². The monoisotopic (exact) mass is 407 g/mol. The highest BCUT2D eigenvalue weighted by Gasteiger charge is 2.22. The van der Waals surface area contributed by atoms with Gasteiger partial charge in [-0.1, -0.05) is 13.0 Å². The van der Waals surface area contributed by atoms with Gasteiger partial charge in [0, 0.05) is 28.7 Å². The van der Waals surface area contributed by atoms with Crippen LogP contribution in [0.1, 0.15) is 84.1 Å². The fraction of sp³-hybridized carbons (Fsp3) is 0.500. The maximum Gasteiger partial charge on any atom is 0.329 e. The Morgan fingerprint density at radius 2 is 1.77 bits per heavy atom. The number of aryl methyl sites for hydroxylation is 1. The molecule has 6 nitrogen and oxygen atoms in total. The minimum absolute atomic E-state index is 0.0689. The molecule has 4 rings (SSSR count). The van der Waals surface area contributed by atoms with Crippen LogP contribution in [0.2, 0.25) is 0 Å². The molecule has 2 aromatic heterocycles. The lowest BCUT2D eigenvalue weighted by Crippen LogP contribution is -2.26. The van der Waals surface area contributed by atoms with E-state index < -0.39 is 0 Å². The maximum atomic E-state index is 13.2. The first-order chi connectivity index (χ1) is 14.3. The van der Waals surface area contributed by atoms with E-state index >= 15 is 0 Å². The Hall–Kier alpha value is -2.76. The summed E-state index contributed by atoms with van der Waals surface area (Å²) in [6, 6.07) is 4.58. The zero-order valence-electron chi connectivity index (χ0n) is 19.0. The van der Waals surface area contributed by atoms with Crippen molar-refractivity contribution in [2.45, 2.75) is 79.3 Å². The molecule has 0 amide bonds. The second-order valence-electron chi connectivity index (χ2n) is 8.88. The smallest absolute Gasteiger partial charge is 0.329 e. The van der Waals surface area contributed by atoms with Crippen molar-refractivity contribution in [1.29, 1.82) is 0 Å². The van der Waals surface area contributed by atoms with Gasteiger partial charge in [0.1, 0.15) is 0 Å². The summed E-state index contributed by atoms with van der Waals surface area (Å²) in [5.74, 6) is 0. The van der Waals surface area contributed by atoms with Gasteiger partial charge < -0.3 is 4.98 Å². The van der Waals surface area contributed by atoms with Gasteiger partial charge in [0.15, 0.2) is 0 Å². The molecule has 1 aromatic carbocycles. The highest BCUT2D eigenvalue weighted by atomic mass is 16.1. The van der Waals surface area contributed by atoms with Crippen LogP contribution in [-0.4, -0.2) is 19.8 Å². The lowest BCUT2D eigenvalue weighted by Gasteiger charge is -2.10. The molecule has 0 atom stereocenters. The average Bonchev–Trinajstić information content (AvgIpc) is 3.17. The SMILES string of the molecule is CC/C1=N\N/C(C)=C/CCCc2c1[nH]c1cc3c(cc21)n(C(C)C)c(=O)n3C(C)C. The normalized spacial score (nSPS) is 18.9. The van der Waals surface area contributed by atoms with E-state index in [1.54, 1.807) is 0 Å². The van der Waals surface area contributed by atoms with Crippen molar-refractivity contribution in [1.82, 2.24) is 19.5 Å². The molecule has 1 aliphatic heterocycles. The Balaban J connectivity index is 2.04. The summed E-state index contributed by atoms with van der Waals surface area (Å²) in [6.07, 6.45) is 6.14. The molecule has 6 heteroatoms. The summed E-state index contributed by atoms with van der Waals surface area (Å²) in [5, 5.41) is 5.89. The van der Waals surface area contributed by atoms with Crippen molar-refractivity contribution < 1.29 is 0 Å². The first kappa shape index (κ1) is 20.5. The summed E-state index contributed by atoms with van der Waals surface area (Å²) in [6.45, 7) is 12.5. The summed E-state index contributed by atoms with van der Waals surface area (Å²) in [5.41, 5.74) is 10.9. The molecular weight excluding hydrogens is 374 g/mol. The van der Waals surface area contributed by atoms with Crippen LogP contribution in [0.25, 0.3) is 21.9 Å². The van der Waals surface area contributed by atoms with Crippen LogP contribution in [-0.2, 0) is 6.42 Å². The number of benzene rings is 1. The van der Waals surface area contributed by atoms with Gasteiger partial charge in [-0.15, -0.1) is 0 Å². The van der Waals surface area contributed by atoms with Gasteiger partial charge in [0.05, 0.1) is 22.4 Å². The van der Waals surface area contributed by atoms with Crippen LogP contribution in [0, 0.1) is 0 Å². The quantitative estimate of drug-likeness (QED) is 0.611. The number of rotatable bonds is 3. The Morgan fingerprint density at radius 3 is 2.40 bits per heavy atom. The molecule has 160 valence electrons. The van der Waals surface area contributed by atoms with Crippen molar-refractivity contribution in [3.8, 4) is 0 Å². The van der Waals surface area contributed by atoms with E-state index in [0.29, 0.717) is 0 Å². The van der Waals surface area contributed by atoms with E-state index in [9.17, 15) is 4.79 Å². The van der Waals surface area contributed by atoms with E-state index in [1.165, 1.54) is 10.9 Å². The van der Waals surface area contributed by atoms with Gasteiger partial charge in [0.2, 0.25) is 0 Å². The summed E-state index contributed by atoms with van der Waals surface area (Å²) in [7, 11) is 0. The third-order valence-corrected chi connectivity index (χ3v) is 6.04. The number of aromatic amines is 1. The fourth-order valence-electron chi connectivity index (χ4n) is 4.60. The highest BCUT2D eigenvalue weighted by molar-refractivity contribution is 6.07. The molecule has 0 radical (unpaired) electrons. The molecule has 0 bridgehead atoms. The van der Waals surface area contributed by atoms with Crippen molar-refractivity contribution in [2.24, 2.45) is 5.10 Å². The zero-order valence-corrected chi connectivity index (χ0v) is 19.0. The topological polar surface area (TPSA) is 67.1 Å². The summed E-state index contributed by atoms with van der Waals surface area (Å²) in [4.78, 5) is 16.8. The zero-order chi connectivity index (χ0) is 21.6. The number of fused-ring (bicyclic) bond motifs is 4. The highest BCUT2D eigenvalue weighted by Crippen LogP contribution is 2.31.